The molecule has 116 valence electrons. The molecule has 3 rings (SSSR count). The Morgan fingerprint density at radius 2 is 1.71 bits per heavy atom. The Morgan fingerprint density at radius 1 is 1.14 bits per heavy atom. The second-order valence-electron chi connectivity index (χ2n) is 6.34. The van der Waals surface area contributed by atoms with E-state index in [0.29, 0.717) is 6.42 Å². The molecule has 1 aromatic rings. The summed E-state index contributed by atoms with van der Waals surface area (Å²) in [4.78, 5) is 14.5. The van der Waals surface area contributed by atoms with Gasteiger partial charge in [0.25, 0.3) is 0 Å². The van der Waals surface area contributed by atoms with Gasteiger partial charge in [0.1, 0.15) is 0 Å². The van der Waals surface area contributed by atoms with Crippen LogP contribution in [-0.2, 0) is 11.2 Å². The molecule has 1 amide bonds. The van der Waals surface area contributed by atoms with E-state index in [1.807, 2.05) is 35.2 Å². The lowest BCUT2D eigenvalue weighted by atomic mass is 9.82. The first-order valence-corrected chi connectivity index (χ1v) is 7.82. The van der Waals surface area contributed by atoms with Gasteiger partial charge < -0.3 is 10.6 Å². The SMILES string of the molecule is Cl.NC(Cc1ccccc1)C(=O)N1CC2CCCCC2C1. The van der Waals surface area contributed by atoms with E-state index in [9.17, 15) is 4.79 Å². The predicted molar refractivity (Wildman–Crippen MR) is 87.4 cm³/mol. The number of fused-ring (bicyclic) bond motifs is 1. The minimum Gasteiger partial charge on any atom is -0.341 e. The quantitative estimate of drug-likeness (QED) is 0.933. The van der Waals surface area contributed by atoms with E-state index in [1.165, 1.54) is 25.7 Å². The summed E-state index contributed by atoms with van der Waals surface area (Å²) in [6.45, 7) is 1.87. The van der Waals surface area contributed by atoms with Gasteiger partial charge in [-0.3, -0.25) is 4.79 Å². The topological polar surface area (TPSA) is 46.3 Å². The zero-order valence-electron chi connectivity index (χ0n) is 12.4. The van der Waals surface area contributed by atoms with Crippen LogP contribution < -0.4 is 5.73 Å². The van der Waals surface area contributed by atoms with Crippen molar-refractivity contribution in [1.29, 1.82) is 0 Å². The summed E-state index contributed by atoms with van der Waals surface area (Å²) in [5, 5.41) is 0. The van der Waals surface area contributed by atoms with Crippen LogP contribution in [0.5, 0.6) is 0 Å². The van der Waals surface area contributed by atoms with Gasteiger partial charge in [0.15, 0.2) is 0 Å². The van der Waals surface area contributed by atoms with Crippen molar-refractivity contribution < 1.29 is 4.79 Å². The molecule has 4 heteroatoms. The fourth-order valence-electron chi connectivity index (χ4n) is 3.78. The van der Waals surface area contributed by atoms with Crippen molar-refractivity contribution in [1.82, 2.24) is 4.90 Å². The smallest absolute Gasteiger partial charge is 0.239 e. The molecule has 2 aliphatic rings. The zero-order chi connectivity index (χ0) is 13.9. The third-order valence-electron chi connectivity index (χ3n) is 4.90. The van der Waals surface area contributed by atoms with Gasteiger partial charge in [-0.25, -0.2) is 0 Å². The van der Waals surface area contributed by atoms with E-state index in [0.717, 1.165) is 30.5 Å². The second-order valence-corrected chi connectivity index (χ2v) is 6.34. The molecule has 3 unspecified atom stereocenters. The number of carbonyl (C=O) groups is 1. The van der Waals surface area contributed by atoms with Crippen molar-refractivity contribution in [3.63, 3.8) is 0 Å². The standard InChI is InChI=1S/C17H24N2O.ClH/c18-16(10-13-6-2-1-3-7-13)17(20)19-11-14-8-4-5-9-15(14)12-19;/h1-3,6-7,14-16H,4-5,8-12,18H2;1H. The number of halogens is 1. The Hall–Kier alpha value is -1.06. The largest absolute Gasteiger partial charge is 0.341 e. The molecule has 2 N–H and O–H groups in total. The maximum atomic E-state index is 12.5. The van der Waals surface area contributed by atoms with Crippen molar-refractivity contribution in [3.8, 4) is 0 Å². The molecule has 21 heavy (non-hydrogen) atoms. The number of carbonyl (C=O) groups excluding carboxylic acids is 1. The first-order valence-electron chi connectivity index (χ1n) is 7.82. The van der Waals surface area contributed by atoms with E-state index < -0.39 is 6.04 Å². The van der Waals surface area contributed by atoms with Gasteiger partial charge in [0, 0.05) is 13.1 Å². The van der Waals surface area contributed by atoms with Crippen LogP contribution in [0.2, 0.25) is 0 Å². The van der Waals surface area contributed by atoms with Crippen molar-refractivity contribution in [2.45, 2.75) is 38.1 Å². The zero-order valence-corrected chi connectivity index (χ0v) is 13.2. The lowest BCUT2D eigenvalue weighted by Crippen LogP contribution is -2.44. The summed E-state index contributed by atoms with van der Waals surface area (Å²) in [5.74, 6) is 1.61. The number of nitrogens with zero attached hydrogens (tertiary/aromatic N) is 1. The van der Waals surface area contributed by atoms with Crippen LogP contribution in [0.1, 0.15) is 31.2 Å². The van der Waals surface area contributed by atoms with Gasteiger partial charge in [-0.15, -0.1) is 12.4 Å². The lowest BCUT2D eigenvalue weighted by Gasteiger charge is -2.22. The van der Waals surface area contributed by atoms with Crippen molar-refractivity contribution >= 4 is 18.3 Å². The predicted octanol–water partition coefficient (Wildman–Crippen LogP) is 2.63. The first-order chi connectivity index (χ1) is 9.74. The summed E-state index contributed by atoms with van der Waals surface area (Å²) in [6, 6.07) is 9.67. The second kappa shape index (κ2) is 7.28. The summed E-state index contributed by atoms with van der Waals surface area (Å²) in [5.41, 5.74) is 7.27. The Labute approximate surface area is 133 Å². The molecule has 0 bridgehead atoms. The highest BCUT2D eigenvalue weighted by atomic mass is 35.5. The molecule has 3 atom stereocenters. The van der Waals surface area contributed by atoms with E-state index in [-0.39, 0.29) is 18.3 Å². The molecule has 1 saturated carbocycles. The van der Waals surface area contributed by atoms with Crippen molar-refractivity contribution in [2.24, 2.45) is 17.6 Å². The molecule has 3 nitrogen and oxygen atoms in total. The highest BCUT2D eigenvalue weighted by Crippen LogP contribution is 2.36. The van der Waals surface area contributed by atoms with Gasteiger partial charge in [-0.1, -0.05) is 43.2 Å². The average molecular weight is 309 g/mol. The lowest BCUT2D eigenvalue weighted by molar-refractivity contribution is -0.131. The van der Waals surface area contributed by atoms with Crippen molar-refractivity contribution in [2.75, 3.05) is 13.1 Å². The monoisotopic (exact) mass is 308 g/mol. The van der Waals surface area contributed by atoms with Gasteiger partial charge in [0.05, 0.1) is 6.04 Å². The number of nitrogens with two attached hydrogens (primary N) is 1. The molecule has 0 radical (unpaired) electrons. The molecule has 1 aromatic carbocycles. The number of hydrogen-bond acceptors (Lipinski definition) is 2. The summed E-state index contributed by atoms with van der Waals surface area (Å²) >= 11 is 0. The van der Waals surface area contributed by atoms with Crippen LogP contribution >= 0.6 is 12.4 Å². The molecule has 1 saturated heterocycles. The van der Waals surface area contributed by atoms with Gasteiger partial charge in [-0.2, -0.15) is 0 Å². The molecule has 1 aliphatic carbocycles. The van der Waals surface area contributed by atoms with E-state index in [2.05, 4.69) is 0 Å². The molecule has 1 aliphatic heterocycles. The molecular formula is C17H25ClN2O. The number of rotatable bonds is 3. The Morgan fingerprint density at radius 3 is 2.29 bits per heavy atom. The fraction of sp³-hybridized carbons (Fsp3) is 0.588. The fourth-order valence-corrected chi connectivity index (χ4v) is 3.78. The minimum atomic E-state index is -0.391. The first kappa shape index (κ1) is 16.3. The van der Waals surface area contributed by atoms with Crippen LogP contribution in [0.3, 0.4) is 0 Å². The summed E-state index contributed by atoms with van der Waals surface area (Å²) in [7, 11) is 0. The van der Waals surface area contributed by atoms with E-state index in [4.69, 9.17) is 5.73 Å². The van der Waals surface area contributed by atoms with Crippen LogP contribution in [0.4, 0.5) is 0 Å². The highest BCUT2D eigenvalue weighted by Gasteiger charge is 2.37. The maximum Gasteiger partial charge on any atom is 0.239 e. The average Bonchev–Trinajstić information content (AvgIpc) is 2.91. The van der Waals surface area contributed by atoms with E-state index >= 15 is 0 Å². The number of hydrogen-bond donors (Lipinski definition) is 1. The summed E-state index contributed by atoms with van der Waals surface area (Å²) in [6.07, 6.45) is 5.90. The number of amides is 1. The number of likely N-dealkylation sites (tertiary alicyclic amines) is 1. The van der Waals surface area contributed by atoms with Crippen LogP contribution in [-0.4, -0.2) is 29.9 Å². The molecule has 0 spiro atoms. The van der Waals surface area contributed by atoms with E-state index in [1.54, 1.807) is 0 Å². The molecular weight excluding hydrogens is 284 g/mol. The van der Waals surface area contributed by atoms with Gasteiger partial charge >= 0.3 is 0 Å². The van der Waals surface area contributed by atoms with Crippen LogP contribution in [0.15, 0.2) is 30.3 Å². The van der Waals surface area contributed by atoms with Crippen LogP contribution in [0, 0.1) is 11.8 Å². The van der Waals surface area contributed by atoms with Crippen molar-refractivity contribution in [3.05, 3.63) is 35.9 Å². The minimum absolute atomic E-state index is 0. The third kappa shape index (κ3) is 3.78. The Balaban J connectivity index is 0.00000161. The van der Waals surface area contributed by atoms with Gasteiger partial charge in [0.2, 0.25) is 5.91 Å². The number of benzene rings is 1. The molecule has 2 fully saturated rings. The Bertz CT molecular complexity index is 451. The van der Waals surface area contributed by atoms with Gasteiger partial charge in [-0.05, 0) is 36.7 Å². The highest BCUT2D eigenvalue weighted by molar-refractivity contribution is 5.85. The third-order valence-corrected chi connectivity index (χ3v) is 4.90. The van der Waals surface area contributed by atoms with Crippen LogP contribution in [0.25, 0.3) is 0 Å². The molecule has 0 aromatic heterocycles. The maximum absolute atomic E-state index is 12.5. The molecule has 1 heterocycles. The summed E-state index contributed by atoms with van der Waals surface area (Å²) < 4.78 is 0. The Kier molecular flexibility index (Phi) is 5.65. The normalized spacial score (nSPS) is 25.9.